The molecule has 0 aliphatic heterocycles. The van der Waals surface area contributed by atoms with E-state index >= 15 is 0 Å². The predicted molar refractivity (Wildman–Crippen MR) is 65.4 cm³/mol. The summed E-state index contributed by atoms with van der Waals surface area (Å²) in [6, 6.07) is 9.25. The minimum atomic E-state index is -0.368. The van der Waals surface area contributed by atoms with Gasteiger partial charge in [-0.05, 0) is 40.7 Å². The average Bonchev–Trinajstić information content (AvgIpc) is 2.70. The summed E-state index contributed by atoms with van der Waals surface area (Å²) in [5.74, 6) is 1.52. The van der Waals surface area contributed by atoms with E-state index < -0.39 is 0 Å². The highest BCUT2D eigenvalue weighted by atomic mass is 35.5. The minimum absolute atomic E-state index is 0.225. The first-order chi connectivity index (χ1) is 7.74. The molecular formula is C12H9ClO2S. The van der Waals surface area contributed by atoms with Crippen LogP contribution in [0.4, 0.5) is 0 Å². The Morgan fingerprint density at radius 3 is 2.88 bits per heavy atom. The van der Waals surface area contributed by atoms with Gasteiger partial charge in [-0.15, -0.1) is 11.3 Å². The van der Waals surface area contributed by atoms with E-state index in [0.29, 0.717) is 5.75 Å². The van der Waals surface area contributed by atoms with Gasteiger partial charge < -0.3 is 4.74 Å². The Morgan fingerprint density at radius 1 is 1.31 bits per heavy atom. The molecule has 0 aliphatic rings. The smallest absolute Gasteiger partial charge is 0.226 e. The van der Waals surface area contributed by atoms with Gasteiger partial charge in [0.25, 0.3) is 0 Å². The number of halogens is 1. The molecule has 0 spiro atoms. The third-order valence-electron chi connectivity index (χ3n) is 1.97. The largest absolute Gasteiger partial charge is 0.456 e. The van der Waals surface area contributed by atoms with Gasteiger partial charge in [0.2, 0.25) is 5.24 Å². The van der Waals surface area contributed by atoms with Gasteiger partial charge in [0, 0.05) is 11.8 Å². The number of ether oxygens (including phenoxy) is 1. The summed E-state index contributed by atoms with van der Waals surface area (Å²) in [6.45, 7) is 0. The summed E-state index contributed by atoms with van der Waals surface area (Å²) in [5, 5.41) is 3.49. The van der Waals surface area contributed by atoms with Crippen molar-refractivity contribution in [2.24, 2.45) is 0 Å². The number of hydrogen-bond donors (Lipinski definition) is 0. The minimum Gasteiger partial charge on any atom is -0.456 e. The fourth-order valence-electron chi connectivity index (χ4n) is 1.33. The highest BCUT2D eigenvalue weighted by Crippen LogP contribution is 2.24. The summed E-state index contributed by atoms with van der Waals surface area (Å²) >= 11 is 6.90. The fourth-order valence-corrected chi connectivity index (χ4v) is 2.03. The maximum absolute atomic E-state index is 10.8. The molecule has 0 N–H and O–H groups in total. The van der Waals surface area contributed by atoms with Crippen molar-refractivity contribution < 1.29 is 9.53 Å². The van der Waals surface area contributed by atoms with Crippen LogP contribution in [0.1, 0.15) is 5.56 Å². The van der Waals surface area contributed by atoms with Gasteiger partial charge in [0.15, 0.2) is 0 Å². The molecule has 0 bridgehead atoms. The molecule has 2 aromatic rings. The SMILES string of the molecule is O=C(Cl)Cc1cccc(Oc2ccsc2)c1. The second-order valence-corrected chi connectivity index (χ2v) is 4.44. The van der Waals surface area contributed by atoms with Crippen LogP contribution in [-0.4, -0.2) is 5.24 Å². The maximum Gasteiger partial charge on any atom is 0.226 e. The zero-order valence-electron chi connectivity index (χ0n) is 8.35. The number of thiophene rings is 1. The molecule has 4 heteroatoms. The van der Waals surface area contributed by atoms with Crippen molar-refractivity contribution in [3.05, 3.63) is 46.7 Å². The Labute approximate surface area is 102 Å². The molecule has 1 aromatic carbocycles. The van der Waals surface area contributed by atoms with Crippen molar-refractivity contribution >= 4 is 28.2 Å². The molecule has 1 aromatic heterocycles. The average molecular weight is 253 g/mol. The topological polar surface area (TPSA) is 26.3 Å². The number of carbonyl (C=O) groups excluding carboxylic acids is 1. The molecule has 0 saturated carbocycles. The van der Waals surface area contributed by atoms with Crippen LogP contribution in [0.5, 0.6) is 11.5 Å². The third-order valence-corrected chi connectivity index (χ3v) is 2.77. The van der Waals surface area contributed by atoms with Gasteiger partial charge in [-0.3, -0.25) is 4.79 Å². The van der Waals surface area contributed by atoms with Crippen molar-refractivity contribution in [2.75, 3.05) is 0 Å². The molecule has 16 heavy (non-hydrogen) atoms. The molecule has 0 fully saturated rings. The molecule has 82 valence electrons. The van der Waals surface area contributed by atoms with Gasteiger partial charge >= 0.3 is 0 Å². The molecule has 0 radical (unpaired) electrons. The number of hydrogen-bond acceptors (Lipinski definition) is 3. The first kappa shape index (κ1) is 11.2. The van der Waals surface area contributed by atoms with E-state index in [1.165, 1.54) is 0 Å². The van der Waals surface area contributed by atoms with E-state index in [9.17, 15) is 4.79 Å². The van der Waals surface area contributed by atoms with E-state index in [-0.39, 0.29) is 11.7 Å². The van der Waals surface area contributed by atoms with Gasteiger partial charge in [-0.2, -0.15) is 0 Å². The number of carbonyl (C=O) groups is 1. The monoisotopic (exact) mass is 252 g/mol. The predicted octanol–water partition coefficient (Wildman–Crippen LogP) is 3.85. The summed E-state index contributed by atoms with van der Waals surface area (Å²) < 4.78 is 5.60. The van der Waals surface area contributed by atoms with Crippen molar-refractivity contribution in [1.29, 1.82) is 0 Å². The lowest BCUT2D eigenvalue weighted by molar-refractivity contribution is -0.111. The molecule has 0 unspecified atom stereocenters. The van der Waals surface area contributed by atoms with Crippen LogP contribution >= 0.6 is 22.9 Å². The van der Waals surface area contributed by atoms with Crippen molar-refractivity contribution in [3.8, 4) is 11.5 Å². The maximum atomic E-state index is 10.8. The number of rotatable bonds is 4. The normalized spacial score (nSPS) is 10.1. The zero-order chi connectivity index (χ0) is 11.4. The standard InChI is InChI=1S/C12H9ClO2S/c13-12(14)7-9-2-1-3-10(6-9)15-11-4-5-16-8-11/h1-6,8H,7H2. The Balaban J connectivity index is 2.13. The molecule has 2 rings (SSSR count). The highest BCUT2D eigenvalue weighted by Gasteiger charge is 2.02. The van der Waals surface area contributed by atoms with E-state index in [4.69, 9.17) is 16.3 Å². The van der Waals surface area contributed by atoms with Crippen molar-refractivity contribution in [1.82, 2.24) is 0 Å². The van der Waals surface area contributed by atoms with Crippen LogP contribution in [-0.2, 0) is 11.2 Å². The third kappa shape index (κ3) is 3.08. The Kier molecular flexibility index (Phi) is 3.59. The van der Waals surface area contributed by atoms with Gasteiger partial charge in [0.1, 0.15) is 11.5 Å². The van der Waals surface area contributed by atoms with E-state index in [2.05, 4.69) is 0 Å². The van der Waals surface area contributed by atoms with Crippen LogP contribution < -0.4 is 4.74 Å². The van der Waals surface area contributed by atoms with Crippen molar-refractivity contribution in [3.63, 3.8) is 0 Å². The Hall–Kier alpha value is -1.32. The molecular weight excluding hydrogens is 244 g/mol. The van der Waals surface area contributed by atoms with Crippen molar-refractivity contribution in [2.45, 2.75) is 6.42 Å². The van der Waals surface area contributed by atoms with Gasteiger partial charge in [-0.25, -0.2) is 0 Å². The molecule has 0 aliphatic carbocycles. The molecule has 0 saturated heterocycles. The lowest BCUT2D eigenvalue weighted by Gasteiger charge is -2.04. The Morgan fingerprint density at radius 2 is 2.19 bits per heavy atom. The van der Waals surface area contributed by atoms with E-state index in [0.717, 1.165) is 11.3 Å². The summed E-state index contributed by atoms with van der Waals surface area (Å²) in [5.41, 5.74) is 0.854. The fraction of sp³-hybridized carbons (Fsp3) is 0.0833. The molecule has 1 heterocycles. The van der Waals surface area contributed by atoms with E-state index in [1.54, 1.807) is 11.3 Å². The Bertz CT molecular complexity index is 480. The first-order valence-electron chi connectivity index (χ1n) is 4.71. The lowest BCUT2D eigenvalue weighted by atomic mass is 10.1. The molecule has 0 atom stereocenters. The zero-order valence-corrected chi connectivity index (χ0v) is 9.92. The van der Waals surface area contributed by atoms with E-state index in [1.807, 2.05) is 41.1 Å². The lowest BCUT2D eigenvalue weighted by Crippen LogP contribution is -1.93. The van der Waals surface area contributed by atoms with Gasteiger partial charge in [-0.1, -0.05) is 12.1 Å². The van der Waals surface area contributed by atoms with Crippen LogP contribution in [0.3, 0.4) is 0 Å². The van der Waals surface area contributed by atoms with Crippen LogP contribution in [0, 0.1) is 0 Å². The molecule has 0 amide bonds. The highest BCUT2D eigenvalue weighted by molar-refractivity contribution is 7.08. The second-order valence-electron chi connectivity index (χ2n) is 3.24. The quantitative estimate of drug-likeness (QED) is 0.773. The summed E-state index contributed by atoms with van der Waals surface area (Å²) in [4.78, 5) is 10.8. The summed E-state index contributed by atoms with van der Waals surface area (Å²) in [7, 11) is 0. The second kappa shape index (κ2) is 5.14. The summed E-state index contributed by atoms with van der Waals surface area (Å²) in [6.07, 6.45) is 0.225. The first-order valence-corrected chi connectivity index (χ1v) is 6.03. The van der Waals surface area contributed by atoms with Crippen LogP contribution in [0.15, 0.2) is 41.1 Å². The number of benzene rings is 1. The van der Waals surface area contributed by atoms with Crippen LogP contribution in [0.2, 0.25) is 0 Å². The molecule has 2 nitrogen and oxygen atoms in total. The van der Waals surface area contributed by atoms with Crippen LogP contribution in [0.25, 0.3) is 0 Å². The van der Waals surface area contributed by atoms with Gasteiger partial charge in [0.05, 0.1) is 0 Å².